The molecular formula is C27H36F3N7S. The highest BCUT2D eigenvalue weighted by Gasteiger charge is 2.35. The van der Waals surface area contributed by atoms with Crippen molar-refractivity contribution in [3.63, 3.8) is 0 Å². The fourth-order valence-corrected chi connectivity index (χ4v) is 6.77. The van der Waals surface area contributed by atoms with Gasteiger partial charge in [0.05, 0.1) is 17.6 Å². The number of aromatic nitrogens is 2. The van der Waals surface area contributed by atoms with Gasteiger partial charge in [0, 0.05) is 55.8 Å². The van der Waals surface area contributed by atoms with Gasteiger partial charge < -0.3 is 21.3 Å². The summed E-state index contributed by atoms with van der Waals surface area (Å²) in [5, 5.41) is 7.10. The van der Waals surface area contributed by atoms with Crippen LogP contribution in [0.5, 0.6) is 0 Å². The molecule has 11 heteroatoms. The SMILES string of the molecule is CCCN1C(N)=CC2C1=CC=C(CN1CCC(Nc3nc(NC)nc4sc(CC(F)(F)F)cc34)CC1)C2C. The zero-order chi connectivity index (χ0) is 27.0. The molecule has 4 heterocycles. The number of hydrogen-bond donors (Lipinski definition) is 3. The van der Waals surface area contributed by atoms with Gasteiger partial charge in [0.2, 0.25) is 5.95 Å². The number of thiophene rings is 1. The summed E-state index contributed by atoms with van der Waals surface area (Å²) in [6, 6.07) is 1.78. The number of nitrogens with two attached hydrogens (primary N) is 1. The van der Waals surface area contributed by atoms with Crippen LogP contribution in [0, 0.1) is 11.8 Å². The third-order valence-electron chi connectivity index (χ3n) is 7.73. The van der Waals surface area contributed by atoms with E-state index in [2.05, 4.69) is 62.5 Å². The third-order valence-corrected chi connectivity index (χ3v) is 8.76. The third kappa shape index (κ3) is 5.63. The van der Waals surface area contributed by atoms with Crippen molar-refractivity contribution in [3.05, 3.63) is 46.3 Å². The summed E-state index contributed by atoms with van der Waals surface area (Å²) < 4.78 is 38.9. The van der Waals surface area contributed by atoms with Gasteiger partial charge in [0.25, 0.3) is 0 Å². The standard InChI is InChI=1S/C27H36F3N7S/c1-4-9-37-22-6-5-17(16(2)20(22)13-23(37)31)15-36-10-7-18(8-11-36)33-24-21-12-19(14-27(28,29)30)38-25(21)35-26(32-3)34-24/h5-6,12-13,16,18,20H,4,7-11,14-15,31H2,1-3H3,(H2,32,33,34,35). The molecule has 0 aromatic carbocycles. The van der Waals surface area contributed by atoms with Crippen LogP contribution in [0.15, 0.2) is 41.4 Å². The lowest BCUT2D eigenvalue weighted by atomic mass is 9.81. The van der Waals surface area contributed by atoms with Crippen molar-refractivity contribution in [2.45, 2.75) is 51.7 Å². The Morgan fingerprint density at radius 1 is 1.18 bits per heavy atom. The van der Waals surface area contributed by atoms with Crippen LogP contribution < -0.4 is 16.4 Å². The molecule has 38 heavy (non-hydrogen) atoms. The molecule has 1 saturated heterocycles. The molecule has 1 fully saturated rings. The summed E-state index contributed by atoms with van der Waals surface area (Å²) in [5.41, 5.74) is 9.06. The number of anilines is 2. The van der Waals surface area contributed by atoms with Crippen LogP contribution in [0.1, 0.15) is 38.0 Å². The number of alkyl halides is 3. The van der Waals surface area contributed by atoms with Gasteiger partial charge in [-0.05, 0) is 43.4 Å². The Morgan fingerprint density at radius 3 is 2.63 bits per heavy atom. The Balaban J connectivity index is 1.22. The summed E-state index contributed by atoms with van der Waals surface area (Å²) in [4.78, 5) is 14.5. The molecular weight excluding hydrogens is 511 g/mol. The van der Waals surface area contributed by atoms with Crippen LogP contribution in [0.4, 0.5) is 24.9 Å². The molecule has 1 aliphatic carbocycles. The largest absolute Gasteiger partial charge is 0.393 e. The number of halogens is 3. The summed E-state index contributed by atoms with van der Waals surface area (Å²) in [5.74, 6) is 2.63. The van der Waals surface area contributed by atoms with Gasteiger partial charge in [-0.25, -0.2) is 4.98 Å². The minimum atomic E-state index is -4.25. The Kier molecular flexibility index (Phi) is 7.59. The Hall–Kier alpha value is -2.79. The summed E-state index contributed by atoms with van der Waals surface area (Å²) >= 11 is 1.07. The maximum atomic E-state index is 13.0. The van der Waals surface area contributed by atoms with Gasteiger partial charge in [-0.3, -0.25) is 4.90 Å². The van der Waals surface area contributed by atoms with Crippen LogP contribution in [-0.2, 0) is 6.42 Å². The van der Waals surface area contributed by atoms with Gasteiger partial charge >= 0.3 is 6.18 Å². The molecule has 0 radical (unpaired) electrons. The van der Waals surface area contributed by atoms with E-state index < -0.39 is 12.6 Å². The van der Waals surface area contributed by atoms with Crippen LogP contribution >= 0.6 is 11.3 Å². The first-order chi connectivity index (χ1) is 18.1. The zero-order valence-corrected chi connectivity index (χ0v) is 22.9. The first-order valence-corrected chi connectivity index (χ1v) is 14.2. The van der Waals surface area contributed by atoms with Crippen molar-refractivity contribution in [2.24, 2.45) is 17.6 Å². The van der Waals surface area contributed by atoms with Crippen molar-refractivity contribution in [1.82, 2.24) is 19.8 Å². The lowest BCUT2D eigenvalue weighted by molar-refractivity contribution is -0.126. The van der Waals surface area contributed by atoms with E-state index in [-0.39, 0.29) is 10.9 Å². The average molecular weight is 548 g/mol. The number of nitrogens with zero attached hydrogens (tertiary/aromatic N) is 4. The molecule has 7 nitrogen and oxygen atoms in total. The number of allylic oxidation sites excluding steroid dienone is 3. The smallest absolute Gasteiger partial charge is 0.385 e. The maximum Gasteiger partial charge on any atom is 0.393 e. The molecule has 2 unspecified atom stereocenters. The predicted octanol–water partition coefficient (Wildman–Crippen LogP) is 5.32. The number of hydrogen-bond acceptors (Lipinski definition) is 8. The van der Waals surface area contributed by atoms with Crippen molar-refractivity contribution in [3.8, 4) is 0 Å². The number of rotatable bonds is 8. The molecule has 5 rings (SSSR count). The number of piperidine rings is 1. The van der Waals surface area contributed by atoms with Crippen molar-refractivity contribution < 1.29 is 13.2 Å². The van der Waals surface area contributed by atoms with E-state index in [4.69, 9.17) is 5.73 Å². The van der Waals surface area contributed by atoms with Crippen molar-refractivity contribution >= 4 is 33.3 Å². The van der Waals surface area contributed by atoms with Gasteiger partial charge in [0.1, 0.15) is 10.6 Å². The first kappa shape index (κ1) is 26.8. The first-order valence-electron chi connectivity index (χ1n) is 13.3. The quantitative estimate of drug-likeness (QED) is 0.413. The minimum absolute atomic E-state index is 0.199. The van der Waals surface area contributed by atoms with Gasteiger partial charge in [0.15, 0.2) is 0 Å². The molecule has 4 N–H and O–H groups in total. The predicted molar refractivity (Wildman–Crippen MR) is 148 cm³/mol. The minimum Gasteiger partial charge on any atom is -0.385 e. The van der Waals surface area contributed by atoms with Crippen LogP contribution in [0.3, 0.4) is 0 Å². The van der Waals surface area contributed by atoms with Gasteiger partial charge in [-0.1, -0.05) is 25.5 Å². The van der Waals surface area contributed by atoms with E-state index in [1.54, 1.807) is 13.1 Å². The van der Waals surface area contributed by atoms with E-state index in [0.29, 0.717) is 33.8 Å². The highest BCUT2D eigenvalue weighted by molar-refractivity contribution is 7.18. The molecule has 3 aliphatic rings. The molecule has 0 amide bonds. The van der Waals surface area contributed by atoms with E-state index >= 15 is 0 Å². The molecule has 206 valence electrons. The fraction of sp³-hybridized carbons (Fsp3) is 0.556. The van der Waals surface area contributed by atoms with Gasteiger partial charge in [-0.15, -0.1) is 11.3 Å². The van der Waals surface area contributed by atoms with Crippen LogP contribution in [-0.4, -0.2) is 65.2 Å². The van der Waals surface area contributed by atoms with E-state index in [1.165, 1.54) is 11.3 Å². The normalized spacial score (nSPS) is 22.8. The Bertz CT molecular complexity index is 1260. The second-order valence-electron chi connectivity index (χ2n) is 10.5. The summed E-state index contributed by atoms with van der Waals surface area (Å²) in [6.45, 7) is 8.24. The molecule has 2 atom stereocenters. The topological polar surface area (TPSA) is 82.3 Å². The van der Waals surface area contributed by atoms with E-state index in [0.717, 1.165) is 62.6 Å². The molecule has 0 saturated carbocycles. The van der Waals surface area contributed by atoms with Crippen molar-refractivity contribution in [1.29, 1.82) is 0 Å². The molecule has 2 aliphatic heterocycles. The molecule has 2 aromatic rings. The summed E-state index contributed by atoms with van der Waals surface area (Å²) in [7, 11) is 1.71. The van der Waals surface area contributed by atoms with Crippen LogP contribution in [0.25, 0.3) is 10.2 Å². The highest BCUT2D eigenvalue weighted by atomic mass is 32.1. The lowest BCUT2D eigenvalue weighted by Gasteiger charge is -2.36. The monoisotopic (exact) mass is 547 g/mol. The van der Waals surface area contributed by atoms with E-state index in [1.807, 2.05) is 0 Å². The van der Waals surface area contributed by atoms with Crippen molar-refractivity contribution in [2.75, 3.05) is 43.9 Å². The molecule has 2 aromatic heterocycles. The van der Waals surface area contributed by atoms with E-state index in [9.17, 15) is 13.2 Å². The Labute approximate surface area is 225 Å². The Morgan fingerprint density at radius 2 is 1.95 bits per heavy atom. The number of likely N-dealkylation sites (tertiary alicyclic amines) is 1. The second-order valence-corrected chi connectivity index (χ2v) is 11.6. The highest BCUT2D eigenvalue weighted by Crippen LogP contribution is 2.40. The van der Waals surface area contributed by atoms with Gasteiger partial charge in [-0.2, -0.15) is 18.2 Å². The second kappa shape index (κ2) is 10.8. The number of fused-ring (bicyclic) bond motifs is 2. The molecule has 0 bridgehead atoms. The summed E-state index contributed by atoms with van der Waals surface area (Å²) in [6.07, 6.45) is 4.46. The van der Waals surface area contributed by atoms with Crippen LogP contribution in [0.2, 0.25) is 0 Å². The number of nitrogens with one attached hydrogen (secondary N) is 2. The lowest BCUT2D eigenvalue weighted by Crippen LogP contribution is -2.41. The maximum absolute atomic E-state index is 13.0. The zero-order valence-electron chi connectivity index (χ0n) is 22.1. The average Bonchev–Trinajstić information content (AvgIpc) is 3.41. The fourth-order valence-electron chi connectivity index (χ4n) is 5.71. The molecule has 0 spiro atoms.